The number of morpholine rings is 1. The Balaban J connectivity index is 1.45. The van der Waals surface area contributed by atoms with E-state index in [1.165, 1.54) is 0 Å². The molecule has 2 amide bonds. The summed E-state index contributed by atoms with van der Waals surface area (Å²) in [5, 5.41) is 15.7. The lowest BCUT2D eigenvalue weighted by Crippen LogP contribution is -2.47. The molecule has 1 aromatic rings. The van der Waals surface area contributed by atoms with Crippen LogP contribution in [-0.2, 0) is 29.1 Å². The van der Waals surface area contributed by atoms with E-state index in [9.17, 15) is 28.1 Å². The molecule has 2 fully saturated rings. The lowest BCUT2D eigenvalue weighted by Gasteiger charge is -2.26. The number of nitro groups is 1. The van der Waals surface area contributed by atoms with E-state index in [2.05, 4.69) is 15.5 Å². The zero-order valence-electron chi connectivity index (χ0n) is 18.0. The average Bonchev–Trinajstić information content (AvgIpc) is 3.30. The molecule has 2 N–H and O–H groups in total. The Bertz CT molecular complexity index is 949. The van der Waals surface area contributed by atoms with Crippen LogP contribution in [0.4, 0.5) is 5.69 Å². The number of amides is 2. The highest BCUT2D eigenvalue weighted by atomic mass is 32.2. The van der Waals surface area contributed by atoms with Gasteiger partial charge in [-0.15, -0.1) is 0 Å². The number of hydrogen-bond acceptors (Lipinski definition) is 9. The fourth-order valence-electron chi connectivity index (χ4n) is 3.49. The van der Waals surface area contributed by atoms with Crippen LogP contribution in [0.25, 0.3) is 0 Å². The van der Waals surface area contributed by atoms with Crippen LogP contribution < -0.4 is 10.6 Å². The minimum absolute atomic E-state index is 0.0492. The molecule has 182 valence electrons. The number of nitrogens with one attached hydrogen (secondary N) is 2. The third-order valence-corrected chi connectivity index (χ3v) is 7.18. The van der Waals surface area contributed by atoms with Gasteiger partial charge >= 0.3 is 11.8 Å². The molecule has 2 saturated heterocycles. The van der Waals surface area contributed by atoms with Crippen LogP contribution in [0.3, 0.4) is 0 Å². The van der Waals surface area contributed by atoms with Gasteiger partial charge in [-0.25, -0.2) is 8.42 Å². The first-order chi connectivity index (χ1) is 15.8. The fraction of sp³-hybridized carbons (Fsp3) is 0.579. The average molecular weight is 486 g/mol. The van der Waals surface area contributed by atoms with Crippen molar-refractivity contribution in [3.05, 3.63) is 34.4 Å². The summed E-state index contributed by atoms with van der Waals surface area (Å²) in [5.41, 5.74) is -0.230. The smallest absolute Gasteiger partial charge is 0.309 e. The van der Waals surface area contributed by atoms with Crippen molar-refractivity contribution >= 4 is 27.5 Å². The van der Waals surface area contributed by atoms with Crippen LogP contribution in [0.2, 0.25) is 0 Å². The van der Waals surface area contributed by atoms with Gasteiger partial charge in [-0.3, -0.25) is 24.6 Å². The van der Waals surface area contributed by atoms with E-state index in [1.807, 2.05) is 0 Å². The topological polar surface area (TPSA) is 160 Å². The summed E-state index contributed by atoms with van der Waals surface area (Å²) in [6, 6.07) is 4.49. The molecule has 0 saturated carbocycles. The van der Waals surface area contributed by atoms with Crippen molar-refractivity contribution in [2.45, 2.75) is 17.5 Å². The Morgan fingerprint density at radius 3 is 2.39 bits per heavy atom. The van der Waals surface area contributed by atoms with Crippen LogP contribution in [-0.4, -0.2) is 99.7 Å². The van der Waals surface area contributed by atoms with Crippen molar-refractivity contribution in [3.63, 3.8) is 0 Å². The first-order valence-electron chi connectivity index (χ1n) is 10.5. The molecule has 0 aliphatic carbocycles. The standard InChI is InChI=1S/C19H27N5O8S/c25-18(20-6-1-7-22-8-11-31-12-9-22)19(26)21-14-17-23(10-13-32-17)33(29,30)16-4-2-15(3-5-16)24(27)28/h2-5,17H,1,6-14H2,(H,20,25)(H,21,26)/t17-/m1/s1. The van der Waals surface area contributed by atoms with Gasteiger partial charge < -0.3 is 20.1 Å². The fourth-order valence-corrected chi connectivity index (χ4v) is 5.00. The van der Waals surface area contributed by atoms with E-state index in [1.54, 1.807) is 0 Å². The molecule has 0 unspecified atom stereocenters. The van der Waals surface area contributed by atoms with Crippen LogP contribution in [0, 0.1) is 10.1 Å². The highest BCUT2D eigenvalue weighted by molar-refractivity contribution is 7.89. The monoisotopic (exact) mass is 485 g/mol. The number of nitrogens with zero attached hydrogens (tertiary/aromatic N) is 3. The largest absolute Gasteiger partial charge is 0.379 e. The van der Waals surface area contributed by atoms with Gasteiger partial charge in [-0.05, 0) is 25.1 Å². The number of rotatable bonds is 9. The molecule has 2 aliphatic heterocycles. The lowest BCUT2D eigenvalue weighted by atomic mass is 10.3. The Hall–Kier alpha value is -2.65. The van der Waals surface area contributed by atoms with Crippen LogP contribution in [0.15, 0.2) is 29.2 Å². The molecule has 13 nitrogen and oxygen atoms in total. The number of carbonyl (C=O) groups excluding carboxylic acids is 2. The number of non-ortho nitro benzene ring substituents is 1. The highest BCUT2D eigenvalue weighted by Crippen LogP contribution is 2.24. The molecule has 0 spiro atoms. The third kappa shape index (κ3) is 6.68. The van der Waals surface area contributed by atoms with Gasteiger partial charge in [-0.1, -0.05) is 0 Å². The summed E-state index contributed by atoms with van der Waals surface area (Å²) >= 11 is 0. The second kappa shape index (κ2) is 11.5. The van der Waals surface area contributed by atoms with Crippen LogP contribution in [0.5, 0.6) is 0 Å². The van der Waals surface area contributed by atoms with Gasteiger partial charge in [-0.2, -0.15) is 4.31 Å². The van der Waals surface area contributed by atoms with Gasteiger partial charge in [0.2, 0.25) is 10.0 Å². The summed E-state index contributed by atoms with van der Waals surface area (Å²) in [6.07, 6.45) is -0.310. The maximum absolute atomic E-state index is 12.9. The Morgan fingerprint density at radius 2 is 1.73 bits per heavy atom. The molecule has 1 atom stereocenters. The summed E-state index contributed by atoms with van der Waals surface area (Å²) in [7, 11) is -4.01. The van der Waals surface area contributed by atoms with E-state index in [0.29, 0.717) is 26.2 Å². The highest BCUT2D eigenvalue weighted by Gasteiger charge is 2.37. The number of nitro benzene ring substituents is 1. The van der Waals surface area contributed by atoms with Crippen molar-refractivity contribution < 1.29 is 32.4 Å². The maximum atomic E-state index is 12.9. The molecule has 33 heavy (non-hydrogen) atoms. The first kappa shape index (κ1) is 25.0. The number of carbonyl (C=O) groups is 2. The maximum Gasteiger partial charge on any atom is 0.309 e. The zero-order valence-corrected chi connectivity index (χ0v) is 18.8. The molecule has 1 aromatic carbocycles. The molecule has 14 heteroatoms. The molecule has 0 aromatic heterocycles. The Kier molecular flexibility index (Phi) is 8.68. The summed E-state index contributed by atoms with van der Waals surface area (Å²) in [6.45, 7) is 4.13. The number of benzene rings is 1. The molecular formula is C19H27N5O8S. The number of hydrogen-bond donors (Lipinski definition) is 2. The molecule has 0 radical (unpaired) electrons. The molecular weight excluding hydrogens is 458 g/mol. The van der Waals surface area contributed by atoms with Crippen molar-refractivity contribution in [1.29, 1.82) is 0 Å². The van der Waals surface area contributed by atoms with Crippen molar-refractivity contribution in [1.82, 2.24) is 19.8 Å². The lowest BCUT2D eigenvalue weighted by molar-refractivity contribution is -0.384. The van der Waals surface area contributed by atoms with E-state index in [-0.39, 0.29) is 30.3 Å². The summed E-state index contributed by atoms with van der Waals surface area (Å²) < 4.78 is 37.5. The van der Waals surface area contributed by atoms with Crippen molar-refractivity contribution in [2.24, 2.45) is 0 Å². The second-order valence-corrected chi connectivity index (χ2v) is 9.36. The minimum atomic E-state index is -4.01. The van der Waals surface area contributed by atoms with E-state index in [4.69, 9.17) is 9.47 Å². The molecule has 0 bridgehead atoms. The second-order valence-electron chi connectivity index (χ2n) is 7.47. The molecule has 3 rings (SSSR count). The number of ether oxygens (including phenoxy) is 2. The first-order valence-corrected chi connectivity index (χ1v) is 12.0. The van der Waals surface area contributed by atoms with E-state index in [0.717, 1.165) is 48.2 Å². The van der Waals surface area contributed by atoms with Crippen LogP contribution >= 0.6 is 0 Å². The number of sulfonamides is 1. The molecule has 2 aliphatic rings. The quantitative estimate of drug-likeness (QED) is 0.191. The molecule has 2 heterocycles. The Labute approximate surface area is 191 Å². The van der Waals surface area contributed by atoms with Gasteiger partial charge in [0.1, 0.15) is 6.23 Å². The van der Waals surface area contributed by atoms with Gasteiger partial charge in [0, 0.05) is 38.3 Å². The summed E-state index contributed by atoms with van der Waals surface area (Å²) in [4.78, 5) is 36.3. The predicted molar refractivity (Wildman–Crippen MR) is 115 cm³/mol. The van der Waals surface area contributed by atoms with Crippen molar-refractivity contribution in [3.8, 4) is 0 Å². The normalized spacial score (nSPS) is 19.8. The predicted octanol–water partition coefficient (Wildman–Crippen LogP) is -1.10. The van der Waals surface area contributed by atoms with Gasteiger partial charge in [0.15, 0.2) is 0 Å². The SMILES string of the molecule is O=C(NCCCN1CCOCC1)C(=O)NC[C@H]1OCCN1S(=O)(=O)c1ccc([N+](=O)[O-])cc1. The van der Waals surface area contributed by atoms with Gasteiger partial charge in [0.05, 0.1) is 36.2 Å². The minimum Gasteiger partial charge on any atom is -0.379 e. The van der Waals surface area contributed by atoms with Gasteiger partial charge in [0.25, 0.3) is 5.69 Å². The zero-order chi connectivity index (χ0) is 23.8. The Morgan fingerprint density at radius 1 is 1.06 bits per heavy atom. The van der Waals surface area contributed by atoms with E-state index < -0.39 is 33.0 Å². The van der Waals surface area contributed by atoms with E-state index >= 15 is 0 Å². The van der Waals surface area contributed by atoms with Crippen LogP contribution in [0.1, 0.15) is 6.42 Å². The third-order valence-electron chi connectivity index (χ3n) is 5.28. The van der Waals surface area contributed by atoms with Crippen molar-refractivity contribution in [2.75, 3.05) is 59.1 Å². The summed E-state index contributed by atoms with van der Waals surface area (Å²) in [5.74, 6) is -1.69.